The first-order valence-corrected chi connectivity index (χ1v) is 6.25. The van der Waals surface area contributed by atoms with Crippen LogP contribution in [-0.4, -0.2) is 74.2 Å². The van der Waals surface area contributed by atoms with Crippen LogP contribution in [0.1, 0.15) is 0 Å². The highest BCUT2D eigenvalue weighted by atomic mass is 16.5. The van der Waals surface area contributed by atoms with Crippen molar-refractivity contribution in [2.45, 2.75) is 6.10 Å². The lowest BCUT2D eigenvalue weighted by atomic mass is 10.2. The molecule has 0 aromatic heterocycles. The minimum atomic E-state index is -0.290. The van der Waals surface area contributed by atoms with Gasteiger partial charge in [0.15, 0.2) is 0 Å². The van der Waals surface area contributed by atoms with Crippen molar-refractivity contribution < 1.29 is 9.53 Å². The maximum atomic E-state index is 12.2. The summed E-state index contributed by atoms with van der Waals surface area (Å²) < 4.78 is 5.58. The molecule has 2 heterocycles. The summed E-state index contributed by atoms with van der Waals surface area (Å²) in [4.78, 5) is 16.3. The molecule has 1 unspecified atom stereocenters. The average Bonchev–Trinajstić information content (AvgIpc) is 2.40. The second kappa shape index (κ2) is 6.14. The van der Waals surface area contributed by atoms with Crippen molar-refractivity contribution in [3.8, 4) is 0 Å². The quantitative estimate of drug-likeness (QED) is 0.662. The largest absolute Gasteiger partial charge is 0.366 e. The lowest BCUT2D eigenvalue weighted by Gasteiger charge is -2.35. The Bertz CT molecular complexity index is 277. The van der Waals surface area contributed by atoms with Gasteiger partial charge >= 0.3 is 0 Å². The number of piperazine rings is 1. The van der Waals surface area contributed by atoms with Gasteiger partial charge in [-0.25, -0.2) is 0 Å². The summed E-state index contributed by atoms with van der Waals surface area (Å²) in [5.41, 5.74) is 0. The Morgan fingerprint density at radius 1 is 1.41 bits per heavy atom. The molecule has 17 heavy (non-hydrogen) atoms. The van der Waals surface area contributed by atoms with Gasteiger partial charge in [-0.15, -0.1) is 6.58 Å². The zero-order valence-corrected chi connectivity index (χ0v) is 10.2. The molecule has 96 valence electrons. The minimum absolute atomic E-state index is 0.139. The first-order valence-electron chi connectivity index (χ1n) is 6.25. The number of morpholine rings is 1. The Morgan fingerprint density at radius 2 is 2.18 bits per heavy atom. The molecule has 5 heteroatoms. The van der Waals surface area contributed by atoms with Crippen molar-refractivity contribution in [1.82, 2.24) is 15.1 Å². The second-order valence-corrected chi connectivity index (χ2v) is 4.48. The molecular formula is C12H21N3O2. The topological polar surface area (TPSA) is 44.8 Å². The summed E-state index contributed by atoms with van der Waals surface area (Å²) in [6.45, 7) is 10.1. The Morgan fingerprint density at radius 3 is 2.88 bits per heavy atom. The normalized spacial score (nSPS) is 26.8. The summed E-state index contributed by atoms with van der Waals surface area (Å²) in [5, 5.41) is 3.24. The van der Waals surface area contributed by atoms with Gasteiger partial charge in [0.2, 0.25) is 0 Å². The third-order valence-electron chi connectivity index (χ3n) is 3.24. The monoisotopic (exact) mass is 239 g/mol. The van der Waals surface area contributed by atoms with Crippen LogP contribution >= 0.6 is 0 Å². The number of ether oxygens (including phenoxy) is 1. The Balaban J connectivity index is 1.87. The Hall–Kier alpha value is -0.910. The van der Waals surface area contributed by atoms with Crippen LogP contribution in [0, 0.1) is 0 Å². The lowest BCUT2D eigenvalue weighted by molar-refractivity contribution is -0.149. The number of amides is 1. The number of hydrogen-bond acceptors (Lipinski definition) is 4. The van der Waals surface area contributed by atoms with E-state index in [-0.39, 0.29) is 12.0 Å². The van der Waals surface area contributed by atoms with Crippen LogP contribution in [0.25, 0.3) is 0 Å². The smallest absolute Gasteiger partial charge is 0.253 e. The van der Waals surface area contributed by atoms with Gasteiger partial charge in [0.1, 0.15) is 6.10 Å². The van der Waals surface area contributed by atoms with Gasteiger partial charge in [-0.1, -0.05) is 6.08 Å². The predicted molar refractivity (Wildman–Crippen MR) is 65.8 cm³/mol. The average molecular weight is 239 g/mol. The maximum absolute atomic E-state index is 12.2. The summed E-state index contributed by atoms with van der Waals surface area (Å²) in [6, 6.07) is 0. The number of nitrogens with one attached hydrogen (secondary N) is 1. The fourth-order valence-electron chi connectivity index (χ4n) is 2.29. The van der Waals surface area contributed by atoms with E-state index in [0.717, 1.165) is 39.3 Å². The van der Waals surface area contributed by atoms with Crippen molar-refractivity contribution in [1.29, 1.82) is 0 Å². The van der Waals surface area contributed by atoms with Crippen molar-refractivity contribution in [2.75, 3.05) is 52.4 Å². The van der Waals surface area contributed by atoms with E-state index in [1.165, 1.54) is 0 Å². The fraction of sp³-hybridized carbons (Fsp3) is 0.750. The molecule has 1 amide bonds. The van der Waals surface area contributed by atoms with Crippen LogP contribution in [0.15, 0.2) is 12.7 Å². The van der Waals surface area contributed by atoms with Gasteiger partial charge in [0.25, 0.3) is 5.91 Å². The first-order chi connectivity index (χ1) is 8.31. The van der Waals surface area contributed by atoms with Crippen molar-refractivity contribution in [3.05, 3.63) is 12.7 Å². The van der Waals surface area contributed by atoms with Gasteiger partial charge in [0, 0.05) is 45.8 Å². The van der Waals surface area contributed by atoms with Crippen molar-refractivity contribution >= 4 is 5.91 Å². The van der Waals surface area contributed by atoms with Crippen LogP contribution in [0.5, 0.6) is 0 Å². The van der Waals surface area contributed by atoms with E-state index in [4.69, 9.17) is 4.74 Å². The number of carbonyl (C=O) groups is 1. The molecule has 2 saturated heterocycles. The molecule has 5 nitrogen and oxygen atoms in total. The summed E-state index contributed by atoms with van der Waals surface area (Å²) in [6.07, 6.45) is 1.58. The number of carbonyl (C=O) groups excluding carboxylic acids is 1. The maximum Gasteiger partial charge on any atom is 0.253 e. The zero-order valence-electron chi connectivity index (χ0n) is 10.2. The van der Waals surface area contributed by atoms with Gasteiger partial charge < -0.3 is 15.0 Å². The highest BCUT2D eigenvalue weighted by molar-refractivity contribution is 5.81. The lowest BCUT2D eigenvalue weighted by Crippen LogP contribution is -2.55. The predicted octanol–water partition coefficient (Wildman–Crippen LogP) is -0.695. The molecule has 0 spiro atoms. The molecule has 2 fully saturated rings. The number of rotatable bonds is 3. The van der Waals surface area contributed by atoms with Crippen molar-refractivity contribution in [3.63, 3.8) is 0 Å². The van der Waals surface area contributed by atoms with Crippen LogP contribution in [-0.2, 0) is 9.53 Å². The molecule has 1 atom stereocenters. The van der Waals surface area contributed by atoms with Crippen LogP contribution in [0.4, 0.5) is 0 Å². The van der Waals surface area contributed by atoms with E-state index in [0.29, 0.717) is 13.2 Å². The Kier molecular flexibility index (Phi) is 4.53. The van der Waals surface area contributed by atoms with E-state index in [1.807, 2.05) is 11.0 Å². The molecule has 1 N–H and O–H groups in total. The SMILES string of the molecule is C=CCN1CCOC(C(=O)N2CCNCC2)C1. The highest BCUT2D eigenvalue weighted by Crippen LogP contribution is 2.09. The van der Waals surface area contributed by atoms with Crippen molar-refractivity contribution in [2.24, 2.45) is 0 Å². The molecule has 0 aromatic rings. The minimum Gasteiger partial charge on any atom is -0.366 e. The van der Waals surface area contributed by atoms with Crippen LogP contribution < -0.4 is 5.32 Å². The third kappa shape index (κ3) is 3.28. The third-order valence-corrected chi connectivity index (χ3v) is 3.24. The van der Waals surface area contributed by atoms with E-state index in [9.17, 15) is 4.79 Å². The van der Waals surface area contributed by atoms with Crippen LogP contribution in [0.2, 0.25) is 0 Å². The standard InChI is InChI=1S/C12H21N3O2/c1-2-5-14-8-9-17-11(10-14)12(16)15-6-3-13-4-7-15/h2,11,13H,1,3-10H2. The molecule has 2 rings (SSSR count). The number of nitrogens with zero attached hydrogens (tertiary/aromatic N) is 2. The summed E-state index contributed by atoms with van der Waals surface area (Å²) in [7, 11) is 0. The van der Waals surface area contributed by atoms with Gasteiger partial charge in [-0.3, -0.25) is 9.69 Å². The van der Waals surface area contributed by atoms with E-state index < -0.39 is 0 Å². The highest BCUT2D eigenvalue weighted by Gasteiger charge is 2.30. The number of hydrogen-bond donors (Lipinski definition) is 1. The molecular weight excluding hydrogens is 218 g/mol. The fourth-order valence-corrected chi connectivity index (χ4v) is 2.29. The van der Waals surface area contributed by atoms with Gasteiger partial charge in [-0.2, -0.15) is 0 Å². The molecule has 0 bridgehead atoms. The second-order valence-electron chi connectivity index (χ2n) is 4.48. The van der Waals surface area contributed by atoms with Crippen LogP contribution in [0.3, 0.4) is 0 Å². The van der Waals surface area contributed by atoms with E-state index in [2.05, 4.69) is 16.8 Å². The van der Waals surface area contributed by atoms with E-state index in [1.54, 1.807) is 0 Å². The molecule has 0 saturated carbocycles. The van der Waals surface area contributed by atoms with E-state index >= 15 is 0 Å². The van der Waals surface area contributed by atoms with Gasteiger partial charge in [-0.05, 0) is 0 Å². The molecule has 2 aliphatic rings. The molecule has 2 aliphatic heterocycles. The Labute approximate surface area is 102 Å². The zero-order chi connectivity index (χ0) is 12.1. The summed E-state index contributed by atoms with van der Waals surface area (Å²) >= 11 is 0. The molecule has 0 radical (unpaired) electrons. The first kappa shape index (κ1) is 12.5. The molecule has 0 aromatic carbocycles. The summed E-state index contributed by atoms with van der Waals surface area (Å²) in [5.74, 6) is 0.139. The molecule has 0 aliphatic carbocycles. The van der Waals surface area contributed by atoms with Gasteiger partial charge in [0.05, 0.1) is 6.61 Å².